The fourth-order valence-corrected chi connectivity index (χ4v) is 6.02. The maximum absolute atomic E-state index is 14.6. The third-order valence-corrected chi connectivity index (χ3v) is 8.80. The summed E-state index contributed by atoms with van der Waals surface area (Å²) in [5.41, 5.74) is -1.40. The molecule has 3 aliphatic heterocycles. The molecule has 0 saturated carbocycles. The first-order valence-electron chi connectivity index (χ1n) is 15.2. The predicted octanol–water partition coefficient (Wildman–Crippen LogP) is -0.843. The average Bonchev–Trinajstić information content (AvgIpc) is 3.62. The number of amides is 6. The lowest BCUT2D eigenvalue weighted by atomic mass is 9.72. The van der Waals surface area contributed by atoms with Gasteiger partial charge in [0, 0.05) is 31.7 Å². The number of benzene rings is 2. The maximum Gasteiger partial charge on any atom is 0.547 e. The predicted molar refractivity (Wildman–Crippen MR) is 166 cm³/mol. The van der Waals surface area contributed by atoms with Gasteiger partial charge in [-0.25, -0.2) is 18.4 Å². The number of hydrogen-bond acceptors (Lipinski definition) is 11. The highest BCUT2D eigenvalue weighted by Crippen LogP contribution is 2.40. The number of nitrogens with zero attached hydrogens (tertiary/aromatic N) is 2. The molecule has 21 heteroatoms. The highest BCUT2D eigenvalue weighted by molar-refractivity contribution is 6.47. The molecule has 2 saturated heterocycles. The molecule has 50 heavy (non-hydrogen) atoms. The molecule has 0 bridgehead atoms. The summed E-state index contributed by atoms with van der Waals surface area (Å²) < 4.78 is 33.9. The van der Waals surface area contributed by atoms with Gasteiger partial charge in [-0.2, -0.15) is 0 Å². The molecule has 0 aromatic heterocycles. The normalized spacial score (nSPS) is 19.4. The Balaban J connectivity index is 1.32. The molecular weight excluding hydrogens is 693 g/mol. The molecule has 1 unspecified atom stereocenters. The lowest BCUT2D eigenvalue weighted by Gasteiger charge is -2.34. The van der Waals surface area contributed by atoms with Gasteiger partial charge in [0.15, 0.2) is 17.3 Å². The molecule has 0 spiro atoms. The van der Waals surface area contributed by atoms with Gasteiger partial charge in [-0.1, -0.05) is 17.7 Å². The first-order valence-corrected chi connectivity index (χ1v) is 15.6. The van der Waals surface area contributed by atoms with Gasteiger partial charge >= 0.3 is 30.9 Å². The van der Waals surface area contributed by atoms with E-state index in [0.29, 0.717) is 23.9 Å². The number of phenols is 2. The molecule has 5 rings (SSSR count). The van der Waals surface area contributed by atoms with Gasteiger partial charge in [0.25, 0.3) is 0 Å². The number of carboxylic acids is 1. The minimum Gasteiger partial charge on any atom is -0.534 e. The Kier molecular flexibility index (Phi) is 10.6. The average molecular weight is 723 g/mol. The van der Waals surface area contributed by atoms with Crippen molar-refractivity contribution >= 4 is 54.3 Å². The number of aromatic carboxylic acids is 1. The molecule has 2 aromatic carbocycles. The van der Waals surface area contributed by atoms with Crippen molar-refractivity contribution < 1.29 is 62.5 Å². The lowest BCUT2D eigenvalue weighted by molar-refractivity contribution is -0.153. The van der Waals surface area contributed by atoms with Crippen molar-refractivity contribution in [1.29, 1.82) is 0 Å². The second-order valence-corrected chi connectivity index (χ2v) is 12.0. The van der Waals surface area contributed by atoms with Crippen LogP contribution in [0.1, 0.15) is 40.4 Å². The summed E-state index contributed by atoms with van der Waals surface area (Å²) in [4.78, 5) is 78.2. The monoisotopic (exact) mass is 722 g/mol. The highest BCUT2D eigenvalue weighted by Gasteiger charge is 2.42. The summed E-state index contributed by atoms with van der Waals surface area (Å²) >= 11 is 6.11. The number of hydrogen-bond donors (Lipinski definition) is 8. The van der Waals surface area contributed by atoms with Crippen LogP contribution in [0.4, 0.5) is 13.6 Å². The van der Waals surface area contributed by atoms with Crippen LogP contribution in [-0.2, 0) is 25.6 Å². The Morgan fingerprint density at radius 3 is 2.52 bits per heavy atom. The number of phenolic OH excluding ortho intramolecular Hbond substituents is 2. The maximum atomic E-state index is 14.6. The minimum absolute atomic E-state index is 0.0344. The van der Waals surface area contributed by atoms with E-state index in [2.05, 4.69) is 21.3 Å². The van der Waals surface area contributed by atoms with E-state index in [9.17, 15) is 57.9 Å². The second kappa shape index (κ2) is 14.7. The molecule has 3 atom stereocenters. The van der Waals surface area contributed by atoms with Crippen molar-refractivity contribution in [1.82, 2.24) is 31.1 Å². The van der Waals surface area contributed by atoms with Crippen molar-refractivity contribution in [3.05, 3.63) is 51.5 Å². The first-order chi connectivity index (χ1) is 23.7. The van der Waals surface area contributed by atoms with Crippen LogP contribution in [0, 0.1) is 11.6 Å². The fourth-order valence-electron chi connectivity index (χ4n) is 5.77. The lowest BCUT2D eigenvalue weighted by Crippen LogP contribution is -2.60. The molecule has 2 fully saturated rings. The molecule has 17 nitrogen and oxygen atoms in total. The molecule has 0 radical (unpaired) electrons. The summed E-state index contributed by atoms with van der Waals surface area (Å²) in [5.74, 6) is -12.5. The number of imide groups is 1. The van der Waals surface area contributed by atoms with Crippen molar-refractivity contribution in [2.24, 2.45) is 0 Å². The van der Waals surface area contributed by atoms with Crippen molar-refractivity contribution in [2.75, 3.05) is 32.7 Å². The van der Waals surface area contributed by atoms with Gasteiger partial charge in [-0.05, 0) is 43.5 Å². The van der Waals surface area contributed by atoms with Crippen LogP contribution in [0.3, 0.4) is 0 Å². The van der Waals surface area contributed by atoms with Crippen LogP contribution in [-0.4, -0.2) is 118 Å². The van der Waals surface area contributed by atoms with E-state index in [4.69, 9.17) is 16.3 Å². The van der Waals surface area contributed by atoms with E-state index >= 15 is 0 Å². The molecule has 2 aromatic rings. The van der Waals surface area contributed by atoms with E-state index in [1.807, 2.05) is 0 Å². The molecule has 3 aliphatic rings. The second-order valence-electron chi connectivity index (χ2n) is 11.6. The number of piperazine rings is 1. The van der Waals surface area contributed by atoms with E-state index in [1.165, 1.54) is 0 Å². The van der Waals surface area contributed by atoms with Gasteiger partial charge in [-0.3, -0.25) is 24.1 Å². The van der Waals surface area contributed by atoms with Crippen molar-refractivity contribution in [3.63, 3.8) is 0 Å². The summed E-state index contributed by atoms with van der Waals surface area (Å²) in [6.45, 7) is 0.190. The third-order valence-electron chi connectivity index (χ3n) is 8.40. The fraction of sp³-hybridized carbons (Fsp3) is 0.379. The summed E-state index contributed by atoms with van der Waals surface area (Å²) in [5, 5.41) is 49.3. The van der Waals surface area contributed by atoms with Crippen LogP contribution in [0.25, 0.3) is 0 Å². The molecular formula is C29H30BClF2N6O11. The van der Waals surface area contributed by atoms with Gasteiger partial charge < -0.3 is 51.2 Å². The van der Waals surface area contributed by atoms with Gasteiger partial charge in [0.2, 0.25) is 11.8 Å². The molecule has 0 aliphatic carbocycles. The van der Waals surface area contributed by atoms with E-state index in [0.717, 1.165) is 23.5 Å². The van der Waals surface area contributed by atoms with E-state index in [-0.39, 0.29) is 50.1 Å². The third kappa shape index (κ3) is 7.21. The molecule has 266 valence electrons. The number of carbonyl (C=O) groups is 6. The van der Waals surface area contributed by atoms with Crippen molar-refractivity contribution in [3.8, 4) is 17.2 Å². The number of rotatable bonds is 9. The topological polar surface area (TPSA) is 247 Å². The number of carbonyl (C=O) groups excluding carboxylic acids is 5. The van der Waals surface area contributed by atoms with Crippen LogP contribution < -0.4 is 25.9 Å². The van der Waals surface area contributed by atoms with Gasteiger partial charge in [0.1, 0.15) is 23.2 Å². The number of urea groups is 1. The number of carboxylic acid groups (broad SMARTS) is 1. The summed E-state index contributed by atoms with van der Waals surface area (Å²) in [6.07, 6.45) is 1.18. The Labute approximate surface area is 286 Å². The van der Waals surface area contributed by atoms with Gasteiger partial charge in [-0.15, -0.1) is 0 Å². The van der Waals surface area contributed by atoms with Crippen LogP contribution in [0.2, 0.25) is 5.02 Å². The van der Waals surface area contributed by atoms with Crippen LogP contribution >= 0.6 is 11.6 Å². The van der Waals surface area contributed by atoms with Crippen LogP contribution in [0.15, 0.2) is 18.2 Å². The largest absolute Gasteiger partial charge is 0.547 e. The standard InChI is InChI=1S/C29H30BClF2N6O11/c31-19-13(11-15(33)21(40)22(19)41)20(25(43)36-17-10-12-3-4-14(32)18(28(46)47)23(12)50-30(17)49)37-29(48)39-9-8-38(26(44)27(39)45)7-6-35-24(42)16-2-1-5-34-16/h3-4,11,16-17,20,34,40-41,49H,1-2,5-10H2,(H,35,42)(H,36,43)(H,37,48)(H,46,47)/t16-,17-,20?/m0/s1. The zero-order chi connectivity index (χ0) is 36.4. The molecule has 6 amide bonds. The van der Waals surface area contributed by atoms with Crippen LogP contribution in [0.5, 0.6) is 17.2 Å². The minimum atomic E-state index is -2.05. The Hall–Kier alpha value is -5.21. The zero-order valence-corrected chi connectivity index (χ0v) is 26.6. The number of halogens is 3. The Morgan fingerprint density at radius 1 is 1.10 bits per heavy atom. The number of nitrogens with one attached hydrogen (secondary N) is 4. The Morgan fingerprint density at radius 2 is 1.84 bits per heavy atom. The zero-order valence-electron chi connectivity index (χ0n) is 25.9. The SMILES string of the molecule is O=C(O)c1c(F)ccc2c1OB(O)[C@@H](NC(=O)C(NC(=O)N1CCN(CCNC(=O)[C@@H]3CCCN3)C(=O)C1=O)c1cc(F)c(O)c(O)c1Cl)C2. The first kappa shape index (κ1) is 36.1. The quantitative estimate of drug-likeness (QED) is 0.0897. The smallest absolute Gasteiger partial charge is 0.534 e. The van der Waals surface area contributed by atoms with E-state index < -0.39 is 93.9 Å². The Bertz CT molecular complexity index is 1760. The summed E-state index contributed by atoms with van der Waals surface area (Å²) in [6, 6.07) is -1.20. The molecule has 8 N–H and O–H groups in total. The number of fused-ring (bicyclic) bond motifs is 1. The number of aromatic hydroxyl groups is 2. The van der Waals surface area contributed by atoms with Crippen molar-refractivity contribution in [2.45, 2.75) is 37.3 Å². The highest BCUT2D eigenvalue weighted by atomic mass is 35.5. The molecule has 3 heterocycles. The summed E-state index contributed by atoms with van der Waals surface area (Å²) in [7, 11) is -1.96. The van der Waals surface area contributed by atoms with Gasteiger partial charge in [0.05, 0.1) is 17.0 Å². The van der Waals surface area contributed by atoms with E-state index in [1.54, 1.807) is 0 Å².